The SMILES string of the molecule is O=C(COC(=O)c1cccnc1SC1CC(=O)N(c2ccc3cc[nH]c3c2)C1=O)c1cccc([N+](=O)[O-])c1. The Balaban J connectivity index is 1.28. The number of pyridine rings is 1. The number of esters is 1. The Morgan fingerprint density at radius 3 is 2.79 bits per heavy atom. The topological polar surface area (TPSA) is 153 Å². The number of nitrogens with zero attached hydrogens (tertiary/aromatic N) is 3. The third kappa shape index (κ3) is 4.89. The maximum atomic E-state index is 13.2. The minimum atomic E-state index is -0.856. The monoisotopic (exact) mass is 530 g/mol. The van der Waals surface area contributed by atoms with Crippen molar-refractivity contribution in [3.8, 4) is 0 Å². The van der Waals surface area contributed by atoms with Crippen LogP contribution in [0.25, 0.3) is 10.9 Å². The molecule has 2 amide bonds. The highest BCUT2D eigenvalue weighted by molar-refractivity contribution is 8.00. The molecule has 0 saturated carbocycles. The van der Waals surface area contributed by atoms with Crippen molar-refractivity contribution in [2.75, 3.05) is 11.5 Å². The van der Waals surface area contributed by atoms with E-state index in [1.165, 1.54) is 36.5 Å². The molecule has 1 unspecified atom stereocenters. The number of fused-ring (bicyclic) bond motifs is 1. The number of nitro groups is 1. The van der Waals surface area contributed by atoms with Crippen LogP contribution in [0.15, 0.2) is 78.1 Å². The lowest BCUT2D eigenvalue weighted by Gasteiger charge is -2.15. The first-order valence-electron chi connectivity index (χ1n) is 11.3. The van der Waals surface area contributed by atoms with E-state index in [-0.39, 0.29) is 34.2 Å². The molecule has 11 nitrogen and oxygen atoms in total. The second-order valence-electron chi connectivity index (χ2n) is 8.29. The first kappa shape index (κ1) is 24.8. The summed E-state index contributed by atoms with van der Waals surface area (Å²) in [6.07, 6.45) is 3.12. The Kier molecular flexibility index (Phi) is 6.71. The van der Waals surface area contributed by atoms with Crippen LogP contribution >= 0.6 is 11.8 Å². The van der Waals surface area contributed by atoms with Gasteiger partial charge in [-0.2, -0.15) is 0 Å². The largest absolute Gasteiger partial charge is 0.454 e. The molecule has 2 aromatic carbocycles. The van der Waals surface area contributed by atoms with Gasteiger partial charge in [-0.1, -0.05) is 30.0 Å². The van der Waals surface area contributed by atoms with Crippen molar-refractivity contribution in [3.05, 3.63) is 94.3 Å². The van der Waals surface area contributed by atoms with Crippen molar-refractivity contribution >= 4 is 57.6 Å². The van der Waals surface area contributed by atoms with E-state index in [0.29, 0.717) is 5.69 Å². The van der Waals surface area contributed by atoms with Crippen LogP contribution in [0.1, 0.15) is 27.1 Å². The zero-order valence-electron chi connectivity index (χ0n) is 19.5. The number of nitro benzene ring substituents is 1. The van der Waals surface area contributed by atoms with E-state index in [1.54, 1.807) is 18.3 Å². The van der Waals surface area contributed by atoms with Crippen molar-refractivity contribution in [2.24, 2.45) is 0 Å². The van der Waals surface area contributed by atoms with E-state index in [2.05, 4.69) is 9.97 Å². The molecule has 1 aliphatic heterocycles. The molecule has 0 radical (unpaired) electrons. The molecule has 12 heteroatoms. The summed E-state index contributed by atoms with van der Waals surface area (Å²) in [6.45, 7) is -0.644. The number of thioether (sulfide) groups is 1. The number of aromatic nitrogens is 2. The Morgan fingerprint density at radius 1 is 1.13 bits per heavy atom. The molecule has 3 heterocycles. The van der Waals surface area contributed by atoms with Gasteiger partial charge in [0.1, 0.15) is 5.03 Å². The maximum Gasteiger partial charge on any atom is 0.341 e. The first-order chi connectivity index (χ1) is 18.3. The van der Waals surface area contributed by atoms with E-state index >= 15 is 0 Å². The van der Waals surface area contributed by atoms with E-state index in [9.17, 15) is 29.3 Å². The molecule has 1 atom stereocenters. The zero-order chi connectivity index (χ0) is 26.8. The molecular formula is C26H18N4O7S. The molecule has 0 bridgehead atoms. The van der Waals surface area contributed by atoms with Gasteiger partial charge in [-0.25, -0.2) is 14.7 Å². The van der Waals surface area contributed by atoms with Gasteiger partial charge in [0.25, 0.3) is 5.69 Å². The predicted molar refractivity (Wildman–Crippen MR) is 137 cm³/mol. The van der Waals surface area contributed by atoms with Gasteiger partial charge in [-0.15, -0.1) is 0 Å². The van der Waals surface area contributed by atoms with Gasteiger partial charge >= 0.3 is 5.97 Å². The standard InChI is InChI=1S/C26H18N4O7S/c31-21(16-3-1-4-18(11-16)30(35)36)14-37-26(34)19-5-2-9-28-24(19)38-22-13-23(32)29(25(22)33)17-7-6-15-8-10-27-20(15)12-17/h1-12,22,27H,13-14H2. The molecule has 190 valence electrons. The van der Waals surface area contributed by atoms with Crippen LogP contribution in [-0.2, 0) is 14.3 Å². The summed E-state index contributed by atoms with van der Waals surface area (Å²) < 4.78 is 5.14. The lowest BCUT2D eigenvalue weighted by atomic mass is 10.1. The number of rotatable bonds is 8. The number of anilines is 1. The predicted octanol–water partition coefficient (Wildman–Crippen LogP) is 3.94. The third-order valence-electron chi connectivity index (χ3n) is 5.86. The summed E-state index contributed by atoms with van der Waals surface area (Å²) in [7, 11) is 0. The van der Waals surface area contributed by atoms with Crippen molar-refractivity contribution < 1.29 is 28.8 Å². The molecule has 1 fully saturated rings. The van der Waals surface area contributed by atoms with Crippen molar-refractivity contribution in [1.29, 1.82) is 0 Å². The maximum absolute atomic E-state index is 13.2. The summed E-state index contributed by atoms with van der Waals surface area (Å²) >= 11 is 0.966. The van der Waals surface area contributed by atoms with Crippen LogP contribution in [0, 0.1) is 10.1 Å². The zero-order valence-corrected chi connectivity index (χ0v) is 20.3. The molecule has 1 aliphatic rings. The summed E-state index contributed by atoms with van der Waals surface area (Å²) in [6, 6.07) is 15.1. The molecule has 5 rings (SSSR count). The molecule has 0 spiro atoms. The summed E-state index contributed by atoms with van der Waals surface area (Å²) in [5, 5.41) is 11.2. The molecule has 2 aromatic heterocycles. The van der Waals surface area contributed by atoms with Crippen molar-refractivity contribution in [3.63, 3.8) is 0 Å². The number of non-ortho nitro benzene ring substituents is 1. The Morgan fingerprint density at radius 2 is 1.97 bits per heavy atom. The van der Waals surface area contributed by atoms with Gasteiger partial charge in [0.15, 0.2) is 6.61 Å². The number of ether oxygens (including phenoxy) is 1. The number of aromatic amines is 1. The van der Waals surface area contributed by atoms with Gasteiger partial charge in [0.2, 0.25) is 17.6 Å². The Bertz CT molecular complexity index is 1620. The number of hydrogen-bond acceptors (Lipinski definition) is 9. The highest BCUT2D eigenvalue weighted by Gasteiger charge is 2.41. The lowest BCUT2D eigenvalue weighted by Crippen LogP contribution is -2.31. The fourth-order valence-electron chi connectivity index (χ4n) is 4.00. The Hall–Kier alpha value is -4.84. The van der Waals surface area contributed by atoms with Crippen molar-refractivity contribution in [2.45, 2.75) is 16.7 Å². The van der Waals surface area contributed by atoms with Gasteiger partial charge in [0.05, 0.1) is 21.4 Å². The molecular weight excluding hydrogens is 512 g/mol. The molecule has 1 saturated heterocycles. The Labute approximate surface area is 219 Å². The van der Waals surface area contributed by atoms with Crippen LogP contribution in [0.5, 0.6) is 0 Å². The van der Waals surface area contributed by atoms with Gasteiger partial charge < -0.3 is 9.72 Å². The molecule has 0 aliphatic carbocycles. The second kappa shape index (κ2) is 10.3. The number of ketones is 1. The van der Waals surface area contributed by atoms with Crippen LogP contribution < -0.4 is 4.90 Å². The van der Waals surface area contributed by atoms with Gasteiger partial charge in [0, 0.05) is 42.0 Å². The quantitative estimate of drug-likeness (QED) is 0.117. The average Bonchev–Trinajstić information content (AvgIpc) is 3.50. The number of hydrogen-bond donors (Lipinski definition) is 1. The first-order valence-corrected chi connectivity index (χ1v) is 12.2. The number of amides is 2. The average molecular weight is 531 g/mol. The minimum Gasteiger partial charge on any atom is -0.454 e. The van der Waals surface area contributed by atoms with Crippen LogP contribution in [0.2, 0.25) is 0 Å². The van der Waals surface area contributed by atoms with Gasteiger partial charge in [-0.05, 0) is 35.7 Å². The smallest absolute Gasteiger partial charge is 0.341 e. The van der Waals surface area contributed by atoms with E-state index in [0.717, 1.165) is 33.6 Å². The van der Waals surface area contributed by atoms with Crippen LogP contribution in [0.4, 0.5) is 11.4 Å². The van der Waals surface area contributed by atoms with Crippen LogP contribution in [-0.4, -0.2) is 50.3 Å². The van der Waals surface area contributed by atoms with E-state index < -0.39 is 34.4 Å². The summed E-state index contributed by atoms with van der Waals surface area (Å²) in [4.78, 5) is 69.8. The number of carbonyl (C=O) groups is 4. The highest BCUT2D eigenvalue weighted by atomic mass is 32.2. The van der Waals surface area contributed by atoms with Crippen LogP contribution in [0.3, 0.4) is 0 Å². The minimum absolute atomic E-state index is 0.0239. The van der Waals surface area contributed by atoms with Gasteiger partial charge in [-0.3, -0.25) is 24.5 Å². The lowest BCUT2D eigenvalue weighted by molar-refractivity contribution is -0.384. The summed E-state index contributed by atoms with van der Waals surface area (Å²) in [5.41, 5.74) is 1.02. The third-order valence-corrected chi connectivity index (χ3v) is 7.06. The number of carbonyl (C=O) groups excluding carboxylic acids is 4. The number of imide groups is 1. The number of nitrogens with one attached hydrogen (secondary N) is 1. The van der Waals surface area contributed by atoms with Crippen molar-refractivity contribution in [1.82, 2.24) is 9.97 Å². The molecule has 38 heavy (non-hydrogen) atoms. The summed E-state index contributed by atoms with van der Waals surface area (Å²) in [5.74, 6) is -2.28. The number of benzene rings is 2. The fraction of sp³-hybridized carbons (Fsp3) is 0.115. The highest BCUT2D eigenvalue weighted by Crippen LogP contribution is 2.35. The number of H-pyrrole nitrogens is 1. The molecule has 4 aromatic rings. The van der Waals surface area contributed by atoms with E-state index in [4.69, 9.17) is 4.74 Å². The second-order valence-corrected chi connectivity index (χ2v) is 9.48. The molecule has 1 N–H and O–H groups in total. The number of Topliss-reactive ketones (excluding diaryl/α,β-unsaturated/α-hetero) is 1. The van der Waals surface area contributed by atoms with E-state index in [1.807, 2.05) is 12.1 Å². The fourth-order valence-corrected chi connectivity index (χ4v) is 5.10. The normalized spacial score (nSPS) is 15.2.